The first kappa shape index (κ1) is 38.5. The van der Waals surface area contributed by atoms with E-state index in [0.29, 0.717) is 23.3 Å². The largest absolute Gasteiger partial charge is 0.228 e. The summed E-state index contributed by atoms with van der Waals surface area (Å²) in [5.74, 6) is 2.56. The third-order valence-electron chi connectivity index (χ3n) is 13.4. The molecule has 5 nitrogen and oxygen atoms in total. The molecule has 2 heterocycles. The molecule has 0 bridgehead atoms. The lowest BCUT2D eigenvalue weighted by molar-refractivity contribution is 0.794. The van der Waals surface area contributed by atoms with E-state index in [4.69, 9.17) is 24.9 Å². The minimum atomic E-state index is -0.467. The van der Waals surface area contributed by atoms with Gasteiger partial charge >= 0.3 is 0 Å². The Labute approximate surface area is 388 Å². The zero-order chi connectivity index (χ0) is 44.3. The molecule has 67 heavy (non-hydrogen) atoms. The summed E-state index contributed by atoms with van der Waals surface area (Å²) < 4.78 is 0. The fourth-order valence-electron chi connectivity index (χ4n) is 10.4. The van der Waals surface area contributed by atoms with Crippen molar-refractivity contribution in [1.82, 2.24) is 24.9 Å². The fraction of sp³-hybridized carbons (Fsp3) is 0.0161. The zero-order valence-corrected chi connectivity index (χ0v) is 36.3. The Morgan fingerprint density at radius 3 is 1.18 bits per heavy atom. The van der Waals surface area contributed by atoms with Crippen LogP contribution in [0, 0.1) is 0 Å². The van der Waals surface area contributed by atoms with Gasteiger partial charge in [0.25, 0.3) is 0 Å². The lowest BCUT2D eigenvalue weighted by Gasteiger charge is -2.30. The van der Waals surface area contributed by atoms with Crippen molar-refractivity contribution in [1.29, 1.82) is 0 Å². The highest BCUT2D eigenvalue weighted by molar-refractivity contribution is 5.99. The second-order valence-corrected chi connectivity index (χ2v) is 17.1. The monoisotopic (exact) mass is 853 g/mol. The van der Waals surface area contributed by atoms with Gasteiger partial charge in [-0.1, -0.05) is 218 Å². The number of rotatable bonds is 7. The lowest BCUT2D eigenvalue weighted by atomic mass is 9.70. The van der Waals surface area contributed by atoms with E-state index in [2.05, 4.69) is 170 Å². The van der Waals surface area contributed by atoms with Crippen molar-refractivity contribution in [2.75, 3.05) is 0 Å². The van der Waals surface area contributed by atoms with Gasteiger partial charge in [0.05, 0.1) is 16.8 Å². The van der Waals surface area contributed by atoms with Gasteiger partial charge in [0, 0.05) is 33.4 Å². The van der Waals surface area contributed by atoms with Gasteiger partial charge in [-0.05, 0) is 73.8 Å². The Morgan fingerprint density at radius 1 is 0.224 bits per heavy atom. The molecule has 2 aliphatic carbocycles. The van der Waals surface area contributed by atoms with Crippen molar-refractivity contribution < 1.29 is 0 Å². The third kappa shape index (κ3) is 6.28. The summed E-state index contributed by atoms with van der Waals surface area (Å²) in [6.45, 7) is 0. The first-order valence-corrected chi connectivity index (χ1v) is 22.7. The maximum absolute atomic E-state index is 5.49. The third-order valence-corrected chi connectivity index (χ3v) is 13.4. The lowest BCUT2D eigenvalue weighted by Crippen LogP contribution is -2.25. The Kier molecular flexibility index (Phi) is 9.00. The summed E-state index contributed by atoms with van der Waals surface area (Å²) in [6, 6.07) is 83.3. The molecule has 0 fully saturated rings. The Bertz CT molecular complexity index is 3590. The minimum absolute atomic E-state index is 0.467. The van der Waals surface area contributed by atoms with Gasteiger partial charge in [-0.25, -0.2) is 24.9 Å². The average molecular weight is 854 g/mol. The summed E-state index contributed by atoms with van der Waals surface area (Å²) in [4.78, 5) is 25.9. The molecule has 0 radical (unpaired) electrons. The molecule has 9 aromatic carbocycles. The predicted octanol–water partition coefficient (Wildman–Crippen LogP) is 14.7. The van der Waals surface area contributed by atoms with E-state index in [1.54, 1.807) is 0 Å². The minimum Gasteiger partial charge on any atom is -0.228 e. The Balaban J connectivity index is 0.953. The summed E-state index contributed by atoms with van der Waals surface area (Å²) >= 11 is 0. The maximum Gasteiger partial charge on any atom is 0.164 e. The van der Waals surface area contributed by atoms with Crippen molar-refractivity contribution in [3.8, 4) is 101 Å². The molecule has 0 saturated heterocycles. The first-order chi connectivity index (χ1) is 33.2. The highest BCUT2D eigenvalue weighted by atomic mass is 15.0. The van der Waals surface area contributed by atoms with Crippen molar-refractivity contribution in [3.63, 3.8) is 0 Å². The van der Waals surface area contributed by atoms with Gasteiger partial charge in [-0.3, -0.25) is 0 Å². The van der Waals surface area contributed by atoms with Gasteiger partial charge in [0.1, 0.15) is 0 Å². The summed E-state index contributed by atoms with van der Waals surface area (Å²) in [5.41, 5.74) is 19.2. The van der Waals surface area contributed by atoms with E-state index >= 15 is 0 Å². The molecule has 5 heteroatoms. The number of hydrogen-bond donors (Lipinski definition) is 0. The van der Waals surface area contributed by atoms with Crippen LogP contribution in [0.15, 0.2) is 237 Å². The number of benzene rings is 9. The van der Waals surface area contributed by atoms with Crippen LogP contribution in [0.4, 0.5) is 0 Å². The van der Waals surface area contributed by atoms with Crippen molar-refractivity contribution in [2.45, 2.75) is 5.41 Å². The molecule has 11 aromatic rings. The molecule has 0 amide bonds. The molecular formula is C62H39N5. The van der Waals surface area contributed by atoms with Gasteiger partial charge in [-0.2, -0.15) is 0 Å². The molecule has 2 aromatic heterocycles. The molecule has 1 spiro atoms. The smallest absolute Gasteiger partial charge is 0.164 e. The number of fused-ring (bicyclic) bond motifs is 10. The molecular weight excluding hydrogens is 815 g/mol. The van der Waals surface area contributed by atoms with Crippen LogP contribution < -0.4 is 0 Å². The molecule has 0 unspecified atom stereocenters. The molecule has 13 rings (SSSR count). The Hall–Kier alpha value is -8.93. The zero-order valence-electron chi connectivity index (χ0n) is 36.3. The van der Waals surface area contributed by atoms with E-state index in [0.717, 1.165) is 55.9 Å². The highest BCUT2D eigenvalue weighted by Crippen LogP contribution is 2.63. The van der Waals surface area contributed by atoms with Crippen LogP contribution in [0.25, 0.3) is 101 Å². The van der Waals surface area contributed by atoms with Crippen LogP contribution in [0.3, 0.4) is 0 Å². The maximum atomic E-state index is 5.49. The topological polar surface area (TPSA) is 64.5 Å². The normalized spacial score (nSPS) is 12.6. The fourth-order valence-corrected chi connectivity index (χ4v) is 10.4. The highest BCUT2D eigenvalue weighted by Gasteiger charge is 2.52. The first-order valence-electron chi connectivity index (χ1n) is 22.7. The predicted molar refractivity (Wildman–Crippen MR) is 270 cm³/mol. The standard InChI is InChI=1S/C62H39N5/c1-4-19-40(20-5-1)55-39-56(45-27-16-25-43(37-45)44-26-17-28-46(38-44)60-66-58(41-21-6-2-7-22-41)65-59(67-60)42-23-8-3-9-24-42)64-61(63-55)50-32-18-36-54-57(50)49-31-12-15-35-53(49)62(54)51-33-13-10-29-47(51)48-30-11-14-34-52(48)62/h1-39H. The number of hydrogen-bond acceptors (Lipinski definition) is 5. The van der Waals surface area contributed by atoms with Crippen LogP contribution in [0.1, 0.15) is 22.3 Å². The van der Waals surface area contributed by atoms with Crippen LogP contribution in [0.2, 0.25) is 0 Å². The van der Waals surface area contributed by atoms with Crippen LogP contribution in [-0.4, -0.2) is 24.9 Å². The second-order valence-electron chi connectivity index (χ2n) is 17.1. The molecule has 312 valence electrons. The van der Waals surface area contributed by atoms with Crippen molar-refractivity contribution in [2.24, 2.45) is 0 Å². The van der Waals surface area contributed by atoms with E-state index in [1.165, 1.54) is 44.5 Å². The van der Waals surface area contributed by atoms with E-state index < -0.39 is 5.41 Å². The molecule has 0 aliphatic heterocycles. The molecule has 0 N–H and O–H groups in total. The van der Waals surface area contributed by atoms with Crippen LogP contribution in [-0.2, 0) is 5.41 Å². The van der Waals surface area contributed by atoms with E-state index in [1.807, 2.05) is 66.7 Å². The van der Waals surface area contributed by atoms with Gasteiger partial charge in [-0.15, -0.1) is 0 Å². The Morgan fingerprint density at radius 2 is 0.597 bits per heavy atom. The van der Waals surface area contributed by atoms with Crippen LogP contribution in [0.5, 0.6) is 0 Å². The quantitative estimate of drug-likeness (QED) is 0.160. The average Bonchev–Trinajstić information content (AvgIpc) is 3.89. The molecule has 2 aliphatic rings. The van der Waals surface area contributed by atoms with Gasteiger partial charge in [0.2, 0.25) is 0 Å². The summed E-state index contributed by atoms with van der Waals surface area (Å²) in [6.07, 6.45) is 0. The molecule has 0 saturated carbocycles. The van der Waals surface area contributed by atoms with E-state index in [-0.39, 0.29) is 0 Å². The van der Waals surface area contributed by atoms with Gasteiger partial charge < -0.3 is 0 Å². The van der Waals surface area contributed by atoms with Gasteiger partial charge in [0.15, 0.2) is 23.3 Å². The summed E-state index contributed by atoms with van der Waals surface area (Å²) in [7, 11) is 0. The van der Waals surface area contributed by atoms with Crippen molar-refractivity contribution in [3.05, 3.63) is 259 Å². The van der Waals surface area contributed by atoms with E-state index in [9.17, 15) is 0 Å². The number of nitrogens with zero attached hydrogens (tertiary/aromatic N) is 5. The summed E-state index contributed by atoms with van der Waals surface area (Å²) in [5, 5.41) is 0. The SMILES string of the molecule is c1ccc(-c2cc(-c3cccc(-c4cccc(-c5nc(-c6ccccc6)nc(-c6ccccc6)n5)c4)c3)nc(-c3cccc4c3-c3ccccc3C43c4ccccc4-c4ccccc43)n2)cc1. The van der Waals surface area contributed by atoms with Crippen LogP contribution >= 0.6 is 0 Å². The molecule has 0 atom stereocenters. The van der Waals surface area contributed by atoms with Crippen molar-refractivity contribution >= 4 is 0 Å². The second kappa shape index (κ2) is 15.7. The number of aromatic nitrogens is 5.